The molecule has 0 bridgehead atoms. The molecular formula is C10H16N4O4. The molecule has 0 atom stereocenters. The van der Waals surface area contributed by atoms with E-state index in [1.54, 1.807) is 6.92 Å². The molecule has 8 nitrogen and oxygen atoms in total. The molecule has 0 aliphatic heterocycles. The fraction of sp³-hybridized carbons (Fsp3) is 0.500. The monoisotopic (exact) mass is 256 g/mol. The van der Waals surface area contributed by atoms with Crippen LogP contribution >= 0.6 is 0 Å². The highest BCUT2D eigenvalue weighted by molar-refractivity contribution is 5.68. The lowest BCUT2D eigenvalue weighted by molar-refractivity contribution is 0.103. The van der Waals surface area contributed by atoms with Crippen LogP contribution in [0, 0.1) is 0 Å². The van der Waals surface area contributed by atoms with E-state index in [9.17, 15) is 4.79 Å². The van der Waals surface area contributed by atoms with Gasteiger partial charge in [-0.15, -0.1) is 0 Å². The lowest BCUT2D eigenvalue weighted by atomic mass is 10.5. The SMILES string of the molecule is CCCOc1nc(N)nc(OC(=O)OCC)c1N. The minimum Gasteiger partial charge on any atom is -0.476 e. The normalized spacial score (nSPS) is 9.89. The van der Waals surface area contributed by atoms with Gasteiger partial charge in [0, 0.05) is 0 Å². The van der Waals surface area contributed by atoms with E-state index >= 15 is 0 Å². The lowest BCUT2D eigenvalue weighted by Crippen LogP contribution is -2.14. The largest absolute Gasteiger partial charge is 0.515 e. The van der Waals surface area contributed by atoms with Gasteiger partial charge in [0.15, 0.2) is 5.69 Å². The van der Waals surface area contributed by atoms with Crippen molar-refractivity contribution in [3.05, 3.63) is 0 Å². The highest BCUT2D eigenvalue weighted by Crippen LogP contribution is 2.29. The summed E-state index contributed by atoms with van der Waals surface area (Å²) >= 11 is 0. The number of carbonyl (C=O) groups excluding carboxylic acids is 1. The molecule has 0 spiro atoms. The van der Waals surface area contributed by atoms with Crippen LogP contribution in [0.2, 0.25) is 0 Å². The number of aromatic nitrogens is 2. The van der Waals surface area contributed by atoms with Gasteiger partial charge >= 0.3 is 6.16 Å². The Balaban J connectivity index is 2.90. The number of nitrogens with two attached hydrogens (primary N) is 2. The van der Waals surface area contributed by atoms with Crippen LogP contribution in [-0.2, 0) is 4.74 Å². The summed E-state index contributed by atoms with van der Waals surface area (Å²) in [6.45, 7) is 4.17. The zero-order valence-corrected chi connectivity index (χ0v) is 10.3. The first-order valence-corrected chi connectivity index (χ1v) is 5.48. The van der Waals surface area contributed by atoms with Gasteiger partial charge in [0.25, 0.3) is 5.88 Å². The van der Waals surface area contributed by atoms with Crippen LogP contribution in [0.25, 0.3) is 0 Å². The van der Waals surface area contributed by atoms with Crippen molar-refractivity contribution in [3.8, 4) is 11.8 Å². The van der Waals surface area contributed by atoms with E-state index in [0.717, 1.165) is 6.42 Å². The molecule has 1 heterocycles. The molecule has 1 rings (SSSR count). The second-order valence-electron chi connectivity index (χ2n) is 3.24. The number of nitrogens with zero attached hydrogens (tertiary/aromatic N) is 2. The quantitative estimate of drug-likeness (QED) is 0.747. The summed E-state index contributed by atoms with van der Waals surface area (Å²) in [5.41, 5.74) is 11.2. The van der Waals surface area contributed by atoms with Crippen LogP contribution in [0.3, 0.4) is 0 Å². The van der Waals surface area contributed by atoms with Gasteiger partial charge in [-0.1, -0.05) is 6.92 Å². The summed E-state index contributed by atoms with van der Waals surface area (Å²) in [5, 5.41) is 0. The number of anilines is 2. The third kappa shape index (κ3) is 3.65. The van der Waals surface area contributed by atoms with Gasteiger partial charge in [0.1, 0.15) is 0 Å². The molecule has 0 aromatic carbocycles. The summed E-state index contributed by atoms with van der Waals surface area (Å²) in [5.74, 6) is -0.190. The van der Waals surface area contributed by atoms with Gasteiger partial charge in [-0.05, 0) is 13.3 Å². The predicted octanol–water partition coefficient (Wildman–Crippen LogP) is 0.965. The van der Waals surface area contributed by atoms with Crippen LogP contribution < -0.4 is 20.9 Å². The fourth-order valence-corrected chi connectivity index (χ4v) is 1.06. The first-order valence-electron chi connectivity index (χ1n) is 5.48. The zero-order valence-electron chi connectivity index (χ0n) is 10.3. The van der Waals surface area contributed by atoms with Crippen LogP contribution in [0.5, 0.6) is 11.8 Å². The molecule has 1 aromatic rings. The molecule has 0 unspecified atom stereocenters. The standard InChI is InChI=1S/C10H16N4O4/c1-3-5-17-7-6(11)8(14-9(12)13-7)18-10(15)16-4-2/h3-5,11H2,1-2H3,(H2,12,13,14). The van der Waals surface area contributed by atoms with E-state index in [-0.39, 0.29) is 30.0 Å². The summed E-state index contributed by atoms with van der Waals surface area (Å²) in [6.07, 6.45) is -0.138. The molecule has 0 fully saturated rings. The molecule has 0 aliphatic carbocycles. The van der Waals surface area contributed by atoms with E-state index in [1.807, 2.05) is 6.92 Å². The van der Waals surface area contributed by atoms with Gasteiger partial charge in [-0.25, -0.2) is 4.79 Å². The Morgan fingerprint density at radius 1 is 1.22 bits per heavy atom. The van der Waals surface area contributed by atoms with Crippen molar-refractivity contribution in [3.63, 3.8) is 0 Å². The minimum atomic E-state index is -0.913. The topological polar surface area (TPSA) is 123 Å². The first-order chi connectivity index (χ1) is 8.58. The summed E-state index contributed by atoms with van der Waals surface area (Å²) < 4.78 is 14.7. The van der Waals surface area contributed by atoms with Crippen molar-refractivity contribution < 1.29 is 19.0 Å². The van der Waals surface area contributed by atoms with Crippen LogP contribution in [0.4, 0.5) is 16.4 Å². The molecular weight excluding hydrogens is 240 g/mol. The molecule has 18 heavy (non-hydrogen) atoms. The van der Waals surface area contributed by atoms with Crippen LogP contribution in [0.1, 0.15) is 20.3 Å². The number of rotatable bonds is 5. The number of carbonyl (C=O) groups is 1. The minimum absolute atomic E-state index is 0.00528. The van der Waals surface area contributed by atoms with Gasteiger partial charge in [-0.3, -0.25) is 0 Å². The highest BCUT2D eigenvalue weighted by atomic mass is 16.7. The van der Waals surface area contributed by atoms with E-state index in [0.29, 0.717) is 6.61 Å². The van der Waals surface area contributed by atoms with Crippen molar-refractivity contribution in [1.82, 2.24) is 9.97 Å². The average molecular weight is 256 g/mol. The van der Waals surface area contributed by atoms with E-state index in [2.05, 4.69) is 14.7 Å². The van der Waals surface area contributed by atoms with Crippen molar-refractivity contribution in [1.29, 1.82) is 0 Å². The third-order valence-electron chi connectivity index (χ3n) is 1.78. The second kappa shape index (κ2) is 6.48. The summed E-state index contributed by atoms with van der Waals surface area (Å²) in [7, 11) is 0. The molecule has 0 saturated heterocycles. The number of hydrogen-bond acceptors (Lipinski definition) is 8. The molecule has 0 aliphatic rings. The molecule has 1 aromatic heterocycles. The van der Waals surface area contributed by atoms with Gasteiger partial charge in [0.2, 0.25) is 11.8 Å². The average Bonchev–Trinajstić information content (AvgIpc) is 2.31. The van der Waals surface area contributed by atoms with Gasteiger partial charge < -0.3 is 25.7 Å². The van der Waals surface area contributed by atoms with Crippen molar-refractivity contribution in [2.45, 2.75) is 20.3 Å². The number of nitrogen functional groups attached to an aromatic ring is 2. The van der Waals surface area contributed by atoms with Crippen LogP contribution in [0.15, 0.2) is 0 Å². The summed E-state index contributed by atoms with van der Waals surface area (Å²) in [4.78, 5) is 18.7. The maximum atomic E-state index is 11.2. The Kier molecular flexibility index (Phi) is 4.97. The molecule has 0 amide bonds. The zero-order chi connectivity index (χ0) is 13.5. The van der Waals surface area contributed by atoms with Gasteiger partial charge in [-0.2, -0.15) is 9.97 Å². The Labute approximate surface area is 104 Å². The van der Waals surface area contributed by atoms with Crippen LogP contribution in [-0.4, -0.2) is 29.3 Å². The van der Waals surface area contributed by atoms with Gasteiger partial charge in [0.05, 0.1) is 13.2 Å². The van der Waals surface area contributed by atoms with Crippen molar-refractivity contribution in [2.75, 3.05) is 24.7 Å². The third-order valence-corrected chi connectivity index (χ3v) is 1.78. The Morgan fingerprint density at radius 3 is 2.50 bits per heavy atom. The number of ether oxygens (including phenoxy) is 3. The molecule has 8 heteroatoms. The highest BCUT2D eigenvalue weighted by Gasteiger charge is 2.16. The molecule has 100 valence electrons. The maximum Gasteiger partial charge on any atom is 0.515 e. The Bertz CT molecular complexity index is 425. The Hall–Kier alpha value is -2.25. The fourth-order valence-electron chi connectivity index (χ4n) is 1.06. The molecule has 4 N–H and O–H groups in total. The molecule has 0 saturated carbocycles. The first kappa shape index (κ1) is 13.8. The van der Waals surface area contributed by atoms with Crippen molar-refractivity contribution >= 4 is 17.8 Å². The van der Waals surface area contributed by atoms with E-state index in [1.165, 1.54) is 0 Å². The number of hydrogen-bond donors (Lipinski definition) is 2. The maximum absolute atomic E-state index is 11.2. The summed E-state index contributed by atoms with van der Waals surface area (Å²) in [6, 6.07) is 0. The van der Waals surface area contributed by atoms with Crippen molar-refractivity contribution in [2.24, 2.45) is 0 Å². The second-order valence-corrected chi connectivity index (χ2v) is 3.24. The Morgan fingerprint density at radius 2 is 1.89 bits per heavy atom. The van der Waals surface area contributed by atoms with E-state index in [4.69, 9.17) is 20.9 Å². The lowest BCUT2D eigenvalue weighted by Gasteiger charge is -2.10. The predicted molar refractivity (Wildman–Crippen MR) is 64.3 cm³/mol. The van der Waals surface area contributed by atoms with E-state index < -0.39 is 6.16 Å². The molecule has 0 radical (unpaired) electrons. The smallest absolute Gasteiger partial charge is 0.476 e.